The average Bonchev–Trinajstić information content (AvgIpc) is 2.57. The number of carbonyl (C=O) groups is 1. The number of hydrogen-bond acceptors (Lipinski definition) is 6. The second-order valence-electron chi connectivity index (χ2n) is 5.44. The number of thioether (sulfide) groups is 1. The van der Waals surface area contributed by atoms with Gasteiger partial charge in [-0.1, -0.05) is 30.9 Å². The zero-order valence-corrected chi connectivity index (χ0v) is 17.2. The van der Waals surface area contributed by atoms with Gasteiger partial charge in [0.25, 0.3) is 5.91 Å². The number of halogens is 2. The number of carbonyl (C=O) groups excluding carboxylic acids is 1. The summed E-state index contributed by atoms with van der Waals surface area (Å²) in [6.07, 6.45) is 0.927. The van der Waals surface area contributed by atoms with E-state index < -0.39 is 27.6 Å². The molecule has 0 spiro atoms. The molecule has 0 radical (unpaired) electrons. The summed E-state index contributed by atoms with van der Waals surface area (Å²) in [4.78, 5) is 12.3. The number of rotatable bonds is 6. The van der Waals surface area contributed by atoms with E-state index in [9.17, 15) is 22.0 Å². The largest absolute Gasteiger partial charge is 0.452 e. The lowest BCUT2D eigenvalue weighted by molar-refractivity contribution is 0.0978. The van der Waals surface area contributed by atoms with Crippen LogP contribution in [-0.4, -0.2) is 30.7 Å². The van der Waals surface area contributed by atoms with Crippen LogP contribution in [0.25, 0.3) is 0 Å². The first-order chi connectivity index (χ1) is 13.1. The molecule has 0 aliphatic rings. The van der Waals surface area contributed by atoms with Gasteiger partial charge in [-0.3, -0.25) is 9.52 Å². The Kier molecular flexibility index (Phi) is 7.33. The molecule has 28 heavy (non-hydrogen) atoms. The minimum atomic E-state index is -3.68. The Labute approximate surface area is 170 Å². The summed E-state index contributed by atoms with van der Waals surface area (Å²) in [6, 6.07) is 6.53. The third-order valence-electron chi connectivity index (χ3n) is 3.14. The highest BCUT2D eigenvalue weighted by Crippen LogP contribution is 2.33. The molecule has 0 unspecified atom stereocenters. The number of anilines is 1. The fourth-order valence-corrected chi connectivity index (χ4v) is 3.48. The maximum absolute atomic E-state index is 13.9. The summed E-state index contributed by atoms with van der Waals surface area (Å²) in [7, 11) is -3.68. The van der Waals surface area contributed by atoms with Crippen molar-refractivity contribution in [3.05, 3.63) is 53.6 Å². The molecule has 0 saturated carbocycles. The number of nitrogens with one attached hydrogen (secondary N) is 2. The van der Waals surface area contributed by atoms with Gasteiger partial charge in [0.1, 0.15) is 10.1 Å². The van der Waals surface area contributed by atoms with Crippen molar-refractivity contribution in [1.82, 2.24) is 5.32 Å². The van der Waals surface area contributed by atoms with E-state index in [0.717, 1.165) is 18.4 Å². The van der Waals surface area contributed by atoms with Gasteiger partial charge in [0, 0.05) is 11.6 Å². The highest BCUT2D eigenvalue weighted by Gasteiger charge is 2.16. The molecule has 0 saturated heterocycles. The van der Waals surface area contributed by atoms with Crippen molar-refractivity contribution < 1.29 is 26.7 Å². The van der Waals surface area contributed by atoms with Crippen LogP contribution in [0.2, 0.25) is 0 Å². The normalized spacial score (nSPS) is 11.0. The second-order valence-corrected chi connectivity index (χ2v) is 9.13. The predicted molar refractivity (Wildman–Crippen MR) is 110 cm³/mol. The fraction of sp³-hybridized carbons (Fsp3) is 0.176. The maximum Gasteiger partial charge on any atom is 0.256 e. The number of benzene rings is 2. The molecule has 2 N–H and O–H groups in total. The lowest BCUT2D eigenvalue weighted by Gasteiger charge is -2.14. The van der Waals surface area contributed by atoms with Crippen molar-refractivity contribution >= 4 is 49.9 Å². The summed E-state index contributed by atoms with van der Waals surface area (Å²) < 4.78 is 58.0. The van der Waals surface area contributed by atoms with Gasteiger partial charge in [-0.25, -0.2) is 17.2 Å². The van der Waals surface area contributed by atoms with E-state index in [4.69, 9.17) is 17.0 Å². The molecule has 2 aromatic rings. The highest BCUT2D eigenvalue weighted by molar-refractivity contribution is 8.23. The molecule has 2 rings (SSSR count). The molecule has 6 nitrogen and oxygen atoms in total. The van der Waals surface area contributed by atoms with Gasteiger partial charge in [-0.15, -0.1) is 0 Å². The second kappa shape index (κ2) is 9.30. The highest BCUT2D eigenvalue weighted by atomic mass is 32.2. The first-order valence-electron chi connectivity index (χ1n) is 7.82. The van der Waals surface area contributed by atoms with Crippen LogP contribution in [0.5, 0.6) is 11.5 Å². The van der Waals surface area contributed by atoms with Crippen LogP contribution in [0.1, 0.15) is 17.3 Å². The van der Waals surface area contributed by atoms with E-state index in [0.29, 0.717) is 11.8 Å². The molecule has 0 bridgehead atoms. The van der Waals surface area contributed by atoms with E-state index in [2.05, 4.69) is 10.0 Å². The minimum absolute atomic E-state index is 0.0201. The van der Waals surface area contributed by atoms with Crippen LogP contribution >= 0.6 is 24.0 Å². The number of hydrogen-bond donors (Lipinski definition) is 2. The molecular weight excluding hydrogens is 430 g/mol. The number of thiocarbonyl (C=S) groups is 1. The summed E-state index contributed by atoms with van der Waals surface area (Å²) >= 11 is 6.28. The molecule has 0 atom stereocenters. The molecule has 0 heterocycles. The van der Waals surface area contributed by atoms with Crippen molar-refractivity contribution in [3.63, 3.8) is 0 Å². The third-order valence-corrected chi connectivity index (χ3v) is 4.84. The Bertz CT molecular complexity index is 1010. The van der Waals surface area contributed by atoms with Gasteiger partial charge in [0.05, 0.1) is 11.9 Å². The maximum atomic E-state index is 13.9. The van der Waals surface area contributed by atoms with Gasteiger partial charge in [-0.2, -0.15) is 0 Å². The molecule has 150 valence electrons. The summed E-state index contributed by atoms with van der Waals surface area (Å²) in [6.45, 7) is 1.87. The zero-order chi connectivity index (χ0) is 20.9. The Morgan fingerprint density at radius 2 is 1.89 bits per heavy atom. The van der Waals surface area contributed by atoms with Crippen LogP contribution in [0.3, 0.4) is 0 Å². The molecule has 11 heteroatoms. The molecule has 2 aromatic carbocycles. The number of sulfonamides is 1. The summed E-state index contributed by atoms with van der Waals surface area (Å²) in [5, 5.41) is 2.51. The SMILES string of the molecule is CCSC(=S)NC(=O)c1ccc(NS(C)(=O)=O)c(Oc2ccc(F)cc2F)c1. The molecule has 1 amide bonds. The Morgan fingerprint density at radius 1 is 1.18 bits per heavy atom. The summed E-state index contributed by atoms with van der Waals surface area (Å²) in [5.74, 6) is -2.13. The average molecular weight is 447 g/mol. The predicted octanol–water partition coefficient (Wildman–Crippen LogP) is 3.90. The first kappa shape index (κ1) is 22.1. The topological polar surface area (TPSA) is 84.5 Å². The van der Waals surface area contributed by atoms with Crippen LogP contribution in [0.4, 0.5) is 14.5 Å². The van der Waals surface area contributed by atoms with E-state index in [1.165, 1.54) is 30.0 Å². The summed E-state index contributed by atoms with van der Waals surface area (Å²) in [5.41, 5.74) is 0.0870. The monoisotopic (exact) mass is 446 g/mol. The van der Waals surface area contributed by atoms with Crippen molar-refractivity contribution in [3.8, 4) is 11.5 Å². The Morgan fingerprint density at radius 3 is 2.50 bits per heavy atom. The van der Waals surface area contributed by atoms with Gasteiger partial charge in [-0.05, 0) is 36.1 Å². The van der Waals surface area contributed by atoms with Crippen molar-refractivity contribution in [2.75, 3.05) is 16.7 Å². The lowest BCUT2D eigenvalue weighted by atomic mass is 10.2. The molecular formula is C17H16F2N2O4S3. The van der Waals surface area contributed by atoms with E-state index in [1.807, 2.05) is 6.92 Å². The van der Waals surface area contributed by atoms with Crippen molar-refractivity contribution in [2.45, 2.75) is 6.92 Å². The number of ether oxygens (including phenoxy) is 1. The Hall–Kier alpha value is -2.24. The van der Waals surface area contributed by atoms with Crippen LogP contribution in [-0.2, 0) is 10.0 Å². The zero-order valence-electron chi connectivity index (χ0n) is 14.8. The lowest BCUT2D eigenvalue weighted by Crippen LogP contribution is -2.27. The molecule has 0 aliphatic heterocycles. The standard InChI is InChI=1S/C17H16F2N2O4S3/c1-3-27-17(26)20-16(22)10-4-6-13(21-28(2,23)24)15(8-10)25-14-7-5-11(18)9-12(14)19/h4-9,21H,3H2,1-2H3,(H,20,22,26). The van der Waals surface area contributed by atoms with E-state index in [1.54, 1.807) is 0 Å². The van der Waals surface area contributed by atoms with E-state index in [-0.39, 0.29) is 27.1 Å². The van der Waals surface area contributed by atoms with Crippen LogP contribution in [0.15, 0.2) is 36.4 Å². The number of amides is 1. The fourth-order valence-electron chi connectivity index (χ4n) is 2.04. The minimum Gasteiger partial charge on any atom is -0.452 e. The van der Waals surface area contributed by atoms with E-state index >= 15 is 0 Å². The first-order valence-corrected chi connectivity index (χ1v) is 11.1. The quantitative estimate of drug-likeness (QED) is 0.655. The smallest absolute Gasteiger partial charge is 0.256 e. The Balaban J connectivity index is 2.40. The van der Waals surface area contributed by atoms with Crippen LogP contribution in [0, 0.1) is 11.6 Å². The van der Waals surface area contributed by atoms with Gasteiger partial charge < -0.3 is 10.1 Å². The molecule has 0 aromatic heterocycles. The van der Waals surface area contributed by atoms with Crippen molar-refractivity contribution in [2.24, 2.45) is 0 Å². The molecule has 0 fully saturated rings. The van der Waals surface area contributed by atoms with Gasteiger partial charge in [0.15, 0.2) is 17.3 Å². The molecule has 0 aliphatic carbocycles. The van der Waals surface area contributed by atoms with Gasteiger partial charge >= 0.3 is 0 Å². The van der Waals surface area contributed by atoms with Gasteiger partial charge in [0.2, 0.25) is 10.0 Å². The van der Waals surface area contributed by atoms with Crippen molar-refractivity contribution in [1.29, 1.82) is 0 Å². The van der Waals surface area contributed by atoms with Crippen LogP contribution < -0.4 is 14.8 Å². The third kappa shape index (κ3) is 6.43.